The van der Waals surface area contributed by atoms with Gasteiger partial charge in [0.1, 0.15) is 0 Å². The molecule has 0 radical (unpaired) electrons. The fourth-order valence-electron chi connectivity index (χ4n) is 3.08. The van der Waals surface area contributed by atoms with Crippen LogP contribution in [0.4, 0.5) is 5.13 Å². The Morgan fingerprint density at radius 2 is 2.07 bits per heavy atom. The Kier molecular flexibility index (Phi) is 6.90. The lowest BCUT2D eigenvalue weighted by Crippen LogP contribution is -2.40. The van der Waals surface area contributed by atoms with Crippen molar-refractivity contribution in [2.45, 2.75) is 26.7 Å². The highest BCUT2D eigenvalue weighted by molar-refractivity contribution is 8.00. The second-order valence-corrected chi connectivity index (χ2v) is 8.88. The van der Waals surface area contributed by atoms with Crippen LogP contribution in [0.1, 0.15) is 25.3 Å². The van der Waals surface area contributed by atoms with E-state index in [1.807, 2.05) is 41.5 Å². The summed E-state index contributed by atoms with van der Waals surface area (Å²) in [5.74, 6) is 1.20. The number of piperidine rings is 1. The van der Waals surface area contributed by atoms with Crippen molar-refractivity contribution in [3.63, 3.8) is 0 Å². The number of carbonyl (C=O) groups excluding carboxylic acids is 2. The first kappa shape index (κ1) is 19.9. The van der Waals surface area contributed by atoms with Gasteiger partial charge in [-0.3, -0.25) is 9.59 Å². The van der Waals surface area contributed by atoms with Crippen LogP contribution in [0, 0.1) is 12.8 Å². The second-order valence-electron chi connectivity index (χ2n) is 7.03. The maximum atomic E-state index is 12.2. The summed E-state index contributed by atoms with van der Waals surface area (Å²) in [5.41, 5.74) is 3.10. The van der Waals surface area contributed by atoms with E-state index in [1.54, 1.807) is 0 Å². The third kappa shape index (κ3) is 5.81. The maximum Gasteiger partial charge on any atom is 0.236 e. The second kappa shape index (κ2) is 9.37. The molecule has 27 heavy (non-hydrogen) atoms. The van der Waals surface area contributed by atoms with Crippen molar-refractivity contribution in [2.75, 3.05) is 29.9 Å². The van der Waals surface area contributed by atoms with Crippen molar-refractivity contribution in [3.8, 4) is 11.3 Å². The fraction of sp³-hybridized carbons (Fsp3) is 0.450. The van der Waals surface area contributed by atoms with Gasteiger partial charge in [0, 0.05) is 24.0 Å². The number of thiazole rings is 1. The van der Waals surface area contributed by atoms with Gasteiger partial charge in [-0.15, -0.1) is 23.1 Å². The maximum absolute atomic E-state index is 12.2. The molecule has 2 aromatic rings. The zero-order valence-electron chi connectivity index (χ0n) is 15.7. The van der Waals surface area contributed by atoms with E-state index in [1.165, 1.54) is 35.1 Å². The van der Waals surface area contributed by atoms with Crippen molar-refractivity contribution in [3.05, 3.63) is 35.2 Å². The van der Waals surface area contributed by atoms with Crippen LogP contribution < -0.4 is 5.32 Å². The molecule has 144 valence electrons. The third-order valence-corrected chi connectivity index (χ3v) is 6.24. The van der Waals surface area contributed by atoms with Gasteiger partial charge in [-0.1, -0.05) is 36.8 Å². The zero-order valence-corrected chi connectivity index (χ0v) is 17.4. The monoisotopic (exact) mass is 403 g/mol. The van der Waals surface area contributed by atoms with Crippen molar-refractivity contribution in [1.82, 2.24) is 9.88 Å². The van der Waals surface area contributed by atoms with Gasteiger partial charge < -0.3 is 10.2 Å². The Morgan fingerprint density at radius 1 is 1.30 bits per heavy atom. The average Bonchev–Trinajstić information content (AvgIpc) is 3.10. The lowest BCUT2D eigenvalue weighted by molar-refractivity contribution is -0.130. The number of anilines is 1. The Labute approximate surface area is 168 Å². The minimum Gasteiger partial charge on any atom is -0.342 e. The number of nitrogens with zero attached hydrogens (tertiary/aromatic N) is 2. The van der Waals surface area contributed by atoms with Crippen molar-refractivity contribution >= 4 is 40.0 Å². The van der Waals surface area contributed by atoms with Gasteiger partial charge in [0.05, 0.1) is 17.2 Å². The van der Waals surface area contributed by atoms with Gasteiger partial charge in [-0.25, -0.2) is 4.98 Å². The summed E-state index contributed by atoms with van der Waals surface area (Å²) in [7, 11) is 0. The molecule has 1 N–H and O–H groups in total. The third-order valence-electron chi connectivity index (χ3n) is 4.57. The molecule has 0 saturated carbocycles. The SMILES string of the molecule is Cc1ccc(-c2csc(NC(=O)CSCC(=O)N3CCC[C@H](C)C3)n2)cc1. The number of carbonyl (C=O) groups is 2. The molecule has 7 heteroatoms. The number of likely N-dealkylation sites (tertiary alicyclic amines) is 1. The summed E-state index contributed by atoms with van der Waals surface area (Å²) in [4.78, 5) is 30.8. The van der Waals surface area contributed by atoms with E-state index in [0.717, 1.165) is 30.8 Å². The number of hydrogen-bond donors (Lipinski definition) is 1. The molecule has 1 aromatic carbocycles. The first-order valence-electron chi connectivity index (χ1n) is 9.19. The van der Waals surface area contributed by atoms with Crippen molar-refractivity contribution in [2.24, 2.45) is 5.92 Å². The molecule has 0 aliphatic carbocycles. The van der Waals surface area contributed by atoms with E-state index < -0.39 is 0 Å². The van der Waals surface area contributed by atoms with E-state index in [9.17, 15) is 9.59 Å². The van der Waals surface area contributed by atoms with Crippen LogP contribution in [0.3, 0.4) is 0 Å². The average molecular weight is 404 g/mol. The van der Waals surface area contributed by atoms with Crippen LogP contribution in [-0.4, -0.2) is 46.3 Å². The summed E-state index contributed by atoms with van der Waals surface area (Å²) >= 11 is 2.77. The summed E-state index contributed by atoms with van der Waals surface area (Å²) in [6.07, 6.45) is 2.27. The molecular weight excluding hydrogens is 378 g/mol. The minimum atomic E-state index is -0.121. The summed E-state index contributed by atoms with van der Waals surface area (Å²) < 4.78 is 0. The Hall–Kier alpha value is -1.86. The van der Waals surface area contributed by atoms with E-state index in [-0.39, 0.29) is 17.6 Å². The standard InChI is InChI=1S/C20H25N3O2S2/c1-14-5-7-16(8-6-14)17-11-27-20(21-17)22-18(24)12-26-13-19(25)23-9-3-4-15(2)10-23/h5-8,11,15H,3-4,9-10,12-13H2,1-2H3,(H,21,22,24)/t15-/m0/s1. The lowest BCUT2D eigenvalue weighted by Gasteiger charge is -2.30. The number of hydrogen-bond acceptors (Lipinski definition) is 5. The van der Waals surface area contributed by atoms with Crippen LogP contribution in [0.25, 0.3) is 11.3 Å². The van der Waals surface area contributed by atoms with Crippen LogP contribution in [0.5, 0.6) is 0 Å². The molecule has 2 amide bonds. The number of benzene rings is 1. The molecule has 5 nitrogen and oxygen atoms in total. The molecular formula is C20H25N3O2S2. The van der Waals surface area contributed by atoms with E-state index >= 15 is 0 Å². The van der Waals surface area contributed by atoms with E-state index in [2.05, 4.69) is 17.2 Å². The number of nitrogens with one attached hydrogen (secondary N) is 1. The molecule has 1 aliphatic rings. The first-order chi connectivity index (χ1) is 13.0. The fourth-order valence-corrected chi connectivity index (χ4v) is 4.53. The van der Waals surface area contributed by atoms with Crippen molar-refractivity contribution in [1.29, 1.82) is 0 Å². The van der Waals surface area contributed by atoms with Gasteiger partial charge in [0.25, 0.3) is 0 Å². The highest BCUT2D eigenvalue weighted by Crippen LogP contribution is 2.25. The van der Waals surface area contributed by atoms with Gasteiger partial charge in [-0.05, 0) is 25.7 Å². The molecule has 2 heterocycles. The Morgan fingerprint density at radius 3 is 2.81 bits per heavy atom. The van der Waals surface area contributed by atoms with E-state index in [0.29, 0.717) is 16.8 Å². The molecule has 1 saturated heterocycles. The largest absolute Gasteiger partial charge is 0.342 e. The van der Waals surface area contributed by atoms with Crippen LogP contribution in [-0.2, 0) is 9.59 Å². The summed E-state index contributed by atoms with van der Waals surface area (Å²) in [6, 6.07) is 8.14. The number of amides is 2. The molecule has 1 aromatic heterocycles. The molecule has 1 aliphatic heterocycles. The quantitative estimate of drug-likeness (QED) is 0.790. The molecule has 0 bridgehead atoms. The Balaban J connectivity index is 1.43. The lowest BCUT2D eigenvalue weighted by atomic mass is 10.0. The first-order valence-corrected chi connectivity index (χ1v) is 11.2. The number of aryl methyl sites for hydroxylation is 1. The molecule has 0 spiro atoms. The van der Waals surface area contributed by atoms with Gasteiger partial charge in [-0.2, -0.15) is 0 Å². The number of thioether (sulfide) groups is 1. The summed E-state index contributed by atoms with van der Waals surface area (Å²) in [6.45, 7) is 5.91. The number of aromatic nitrogens is 1. The van der Waals surface area contributed by atoms with E-state index in [4.69, 9.17) is 0 Å². The van der Waals surface area contributed by atoms with Crippen LogP contribution in [0.15, 0.2) is 29.6 Å². The Bertz CT molecular complexity index is 789. The molecule has 1 atom stereocenters. The van der Waals surface area contributed by atoms with Crippen LogP contribution in [0.2, 0.25) is 0 Å². The predicted octanol–water partition coefficient (Wildman–Crippen LogP) is 4.05. The summed E-state index contributed by atoms with van der Waals surface area (Å²) in [5, 5.41) is 5.36. The van der Waals surface area contributed by atoms with Gasteiger partial charge in [0.2, 0.25) is 11.8 Å². The predicted molar refractivity (Wildman–Crippen MR) is 113 cm³/mol. The molecule has 1 fully saturated rings. The zero-order chi connectivity index (χ0) is 19.2. The van der Waals surface area contributed by atoms with Crippen LogP contribution >= 0.6 is 23.1 Å². The minimum absolute atomic E-state index is 0.121. The highest BCUT2D eigenvalue weighted by Gasteiger charge is 2.20. The smallest absolute Gasteiger partial charge is 0.236 e. The van der Waals surface area contributed by atoms with Gasteiger partial charge in [0.15, 0.2) is 5.13 Å². The normalized spacial score (nSPS) is 17.0. The molecule has 3 rings (SSSR count). The number of rotatable bonds is 6. The van der Waals surface area contributed by atoms with Crippen molar-refractivity contribution < 1.29 is 9.59 Å². The topological polar surface area (TPSA) is 62.3 Å². The molecule has 0 unspecified atom stereocenters. The highest BCUT2D eigenvalue weighted by atomic mass is 32.2. The van der Waals surface area contributed by atoms with Gasteiger partial charge >= 0.3 is 0 Å².